The highest BCUT2D eigenvalue weighted by atomic mass is 16.5. The van der Waals surface area contributed by atoms with E-state index < -0.39 is 5.60 Å². The highest BCUT2D eigenvalue weighted by Crippen LogP contribution is 2.20. The van der Waals surface area contributed by atoms with Gasteiger partial charge in [-0.2, -0.15) is 0 Å². The number of likely N-dealkylation sites (N-methyl/N-ethyl adjacent to an activating group) is 1. The monoisotopic (exact) mass is 290 g/mol. The summed E-state index contributed by atoms with van der Waals surface area (Å²) in [6.45, 7) is 4.92. The lowest BCUT2D eigenvalue weighted by Gasteiger charge is -2.39. The molecule has 1 N–H and O–H groups in total. The molecule has 0 aromatic heterocycles. The van der Waals surface area contributed by atoms with Gasteiger partial charge in [-0.15, -0.1) is 0 Å². The van der Waals surface area contributed by atoms with E-state index >= 15 is 0 Å². The summed E-state index contributed by atoms with van der Waals surface area (Å²) in [5.41, 5.74) is 0.864. The van der Waals surface area contributed by atoms with Crippen molar-refractivity contribution in [2.45, 2.75) is 25.9 Å². The second-order valence-electron chi connectivity index (χ2n) is 5.44. The van der Waals surface area contributed by atoms with Gasteiger partial charge in [0.25, 0.3) is 11.8 Å². The predicted molar refractivity (Wildman–Crippen MR) is 80.1 cm³/mol. The number of nitrogens with one attached hydrogen (secondary N) is 1. The van der Waals surface area contributed by atoms with Gasteiger partial charge in [-0.1, -0.05) is 19.1 Å². The number of hydrogen-bond acceptors (Lipinski definition) is 3. The first kappa shape index (κ1) is 15.5. The molecule has 0 saturated carbocycles. The van der Waals surface area contributed by atoms with Gasteiger partial charge in [0.1, 0.15) is 0 Å². The van der Waals surface area contributed by atoms with E-state index in [9.17, 15) is 9.59 Å². The van der Waals surface area contributed by atoms with Crippen molar-refractivity contribution in [3.05, 3.63) is 35.4 Å². The first-order valence-electron chi connectivity index (χ1n) is 7.24. The number of benzene rings is 1. The zero-order valence-corrected chi connectivity index (χ0v) is 12.8. The number of morpholine rings is 1. The Morgan fingerprint density at radius 3 is 2.57 bits per heavy atom. The Bertz CT molecular complexity index is 527. The van der Waals surface area contributed by atoms with Crippen molar-refractivity contribution in [1.82, 2.24) is 10.2 Å². The quantitative estimate of drug-likeness (QED) is 0.911. The minimum atomic E-state index is -0.980. The maximum Gasteiger partial charge on any atom is 0.254 e. The van der Waals surface area contributed by atoms with E-state index in [4.69, 9.17) is 4.74 Å². The van der Waals surface area contributed by atoms with Crippen LogP contribution in [0.3, 0.4) is 0 Å². The molecule has 0 unspecified atom stereocenters. The van der Waals surface area contributed by atoms with E-state index in [0.717, 1.165) is 6.42 Å². The molecule has 1 aliphatic heterocycles. The molecule has 5 nitrogen and oxygen atoms in total. The molecule has 1 fully saturated rings. The molecule has 0 aliphatic carbocycles. The van der Waals surface area contributed by atoms with Crippen LogP contribution < -0.4 is 5.32 Å². The fourth-order valence-electron chi connectivity index (χ4n) is 2.51. The number of amides is 2. The molecule has 0 bridgehead atoms. The summed E-state index contributed by atoms with van der Waals surface area (Å²) in [5, 5.41) is 2.59. The lowest BCUT2D eigenvalue weighted by molar-refractivity contribution is -0.153. The second-order valence-corrected chi connectivity index (χ2v) is 5.44. The molecule has 1 aromatic rings. The summed E-state index contributed by atoms with van der Waals surface area (Å²) in [7, 11) is 1.57. The fraction of sp³-hybridized carbons (Fsp3) is 0.500. The van der Waals surface area contributed by atoms with Gasteiger partial charge in [-0.3, -0.25) is 9.59 Å². The van der Waals surface area contributed by atoms with Gasteiger partial charge in [-0.25, -0.2) is 0 Å². The Morgan fingerprint density at radius 2 is 2.00 bits per heavy atom. The topological polar surface area (TPSA) is 58.6 Å². The molecule has 1 heterocycles. The minimum absolute atomic E-state index is 0.0592. The maximum absolute atomic E-state index is 12.5. The van der Waals surface area contributed by atoms with Crippen molar-refractivity contribution < 1.29 is 14.3 Å². The zero-order valence-electron chi connectivity index (χ0n) is 12.8. The van der Waals surface area contributed by atoms with Crippen molar-refractivity contribution >= 4 is 11.8 Å². The van der Waals surface area contributed by atoms with Gasteiger partial charge in [0.2, 0.25) is 0 Å². The molecule has 2 rings (SSSR count). The van der Waals surface area contributed by atoms with Gasteiger partial charge in [0.15, 0.2) is 5.60 Å². The Labute approximate surface area is 125 Å². The first-order valence-corrected chi connectivity index (χ1v) is 7.24. The van der Waals surface area contributed by atoms with Crippen LogP contribution in [-0.2, 0) is 16.0 Å². The average molecular weight is 290 g/mol. The van der Waals surface area contributed by atoms with Crippen LogP contribution in [0.1, 0.15) is 29.8 Å². The Balaban J connectivity index is 2.13. The highest BCUT2D eigenvalue weighted by Gasteiger charge is 2.40. The van der Waals surface area contributed by atoms with Crippen LogP contribution in [0.4, 0.5) is 0 Å². The summed E-state index contributed by atoms with van der Waals surface area (Å²) in [6, 6.07) is 7.61. The number of hydrogen-bond donors (Lipinski definition) is 1. The van der Waals surface area contributed by atoms with Crippen LogP contribution in [0.25, 0.3) is 0 Å². The smallest absolute Gasteiger partial charge is 0.254 e. The van der Waals surface area contributed by atoms with Crippen molar-refractivity contribution in [2.24, 2.45) is 0 Å². The molecule has 1 aromatic carbocycles. The van der Waals surface area contributed by atoms with Crippen molar-refractivity contribution in [3.63, 3.8) is 0 Å². The molecule has 21 heavy (non-hydrogen) atoms. The van der Waals surface area contributed by atoms with Gasteiger partial charge >= 0.3 is 0 Å². The van der Waals surface area contributed by atoms with Gasteiger partial charge in [0.05, 0.1) is 13.2 Å². The van der Waals surface area contributed by atoms with Gasteiger partial charge < -0.3 is 15.0 Å². The Morgan fingerprint density at radius 1 is 1.33 bits per heavy atom. The number of rotatable bonds is 3. The van der Waals surface area contributed by atoms with Crippen molar-refractivity contribution in [3.8, 4) is 0 Å². The summed E-state index contributed by atoms with van der Waals surface area (Å²) < 4.78 is 5.56. The van der Waals surface area contributed by atoms with Crippen LogP contribution >= 0.6 is 0 Å². The summed E-state index contributed by atoms with van der Waals surface area (Å²) in [4.78, 5) is 26.1. The Kier molecular flexibility index (Phi) is 4.63. The van der Waals surface area contributed by atoms with Crippen LogP contribution in [0.2, 0.25) is 0 Å². The van der Waals surface area contributed by atoms with E-state index in [-0.39, 0.29) is 18.4 Å². The van der Waals surface area contributed by atoms with E-state index in [1.54, 1.807) is 18.9 Å². The molecule has 1 atom stereocenters. The molecule has 1 aliphatic rings. The normalized spacial score (nSPS) is 22.0. The number of carbonyl (C=O) groups excluding carboxylic acids is 2. The van der Waals surface area contributed by atoms with Crippen molar-refractivity contribution in [1.29, 1.82) is 0 Å². The molecule has 5 heteroatoms. The number of aryl methyl sites for hydroxylation is 1. The molecule has 0 radical (unpaired) electrons. The van der Waals surface area contributed by atoms with Crippen LogP contribution in [0, 0.1) is 0 Å². The van der Waals surface area contributed by atoms with Crippen molar-refractivity contribution in [2.75, 3.05) is 26.7 Å². The third-order valence-electron chi connectivity index (χ3n) is 3.88. The standard InChI is InChI=1S/C16H22N2O3/c1-4-12-5-7-13(8-6-12)14(19)18-9-10-21-16(2,11-18)15(20)17-3/h5-8H,4,9-11H2,1-3H3,(H,17,20)/t16-/m0/s1. The predicted octanol–water partition coefficient (Wildman–Crippen LogP) is 1.23. The minimum Gasteiger partial charge on any atom is -0.362 e. The molecular formula is C16H22N2O3. The summed E-state index contributed by atoms with van der Waals surface area (Å²) >= 11 is 0. The Hall–Kier alpha value is -1.88. The summed E-state index contributed by atoms with van der Waals surface area (Å²) in [6.07, 6.45) is 0.945. The maximum atomic E-state index is 12.5. The van der Waals surface area contributed by atoms with E-state index in [0.29, 0.717) is 18.7 Å². The molecular weight excluding hydrogens is 268 g/mol. The van der Waals surface area contributed by atoms with E-state index in [1.807, 2.05) is 24.3 Å². The lowest BCUT2D eigenvalue weighted by Crippen LogP contribution is -2.58. The average Bonchev–Trinajstić information content (AvgIpc) is 2.53. The lowest BCUT2D eigenvalue weighted by atomic mass is 10.0. The van der Waals surface area contributed by atoms with E-state index in [1.165, 1.54) is 5.56 Å². The van der Waals surface area contributed by atoms with Crippen LogP contribution in [0.15, 0.2) is 24.3 Å². The largest absolute Gasteiger partial charge is 0.362 e. The SMILES string of the molecule is CCc1ccc(C(=O)N2CCO[C@](C)(C(=O)NC)C2)cc1. The molecule has 2 amide bonds. The van der Waals surface area contributed by atoms with Crippen LogP contribution in [-0.4, -0.2) is 49.1 Å². The molecule has 1 saturated heterocycles. The number of nitrogens with zero attached hydrogens (tertiary/aromatic N) is 1. The van der Waals surface area contributed by atoms with Gasteiger partial charge in [-0.05, 0) is 31.0 Å². The third kappa shape index (κ3) is 3.24. The molecule has 114 valence electrons. The number of ether oxygens (including phenoxy) is 1. The first-order chi connectivity index (χ1) is 10.00. The third-order valence-corrected chi connectivity index (χ3v) is 3.88. The number of carbonyl (C=O) groups is 2. The van der Waals surface area contributed by atoms with Gasteiger partial charge in [0, 0.05) is 19.2 Å². The summed E-state index contributed by atoms with van der Waals surface area (Å²) in [5.74, 6) is -0.266. The van der Waals surface area contributed by atoms with E-state index in [2.05, 4.69) is 12.2 Å². The van der Waals surface area contributed by atoms with Crippen LogP contribution in [0.5, 0.6) is 0 Å². The highest BCUT2D eigenvalue weighted by molar-refractivity contribution is 5.95. The zero-order chi connectivity index (χ0) is 15.5. The molecule has 0 spiro atoms. The fourth-order valence-corrected chi connectivity index (χ4v) is 2.51. The second kappa shape index (κ2) is 6.26.